The molecule has 0 aromatic heterocycles. The van der Waals surface area contributed by atoms with Crippen molar-refractivity contribution < 1.29 is 19.7 Å². The van der Waals surface area contributed by atoms with Crippen LogP contribution in [0.3, 0.4) is 0 Å². The Balaban J connectivity index is 2.50. The van der Waals surface area contributed by atoms with Crippen LogP contribution < -0.4 is 10.2 Å². The number of benzene rings is 1. The Morgan fingerprint density at radius 3 is 2.95 bits per heavy atom. The molecule has 0 spiro atoms. The highest BCUT2D eigenvalue weighted by Crippen LogP contribution is 2.25. The Morgan fingerprint density at radius 2 is 2.32 bits per heavy atom. The van der Waals surface area contributed by atoms with Gasteiger partial charge in [-0.15, -0.1) is 0 Å². The summed E-state index contributed by atoms with van der Waals surface area (Å²) in [5.74, 6) is 0.118. The molecule has 0 aliphatic rings. The number of hydrogen-bond acceptors (Lipinski definition) is 5. The van der Waals surface area contributed by atoms with Gasteiger partial charge < -0.3 is 14.9 Å². The van der Waals surface area contributed by atoms with E-state index in [1.165, 1.54) is 19.4 Å². The molecule has 104 valence electrons. The van der Waals surface area contributed by atoms with Gasteiger partial charge in [0, 0.05) is 6.42 Å². The van der Waals surface area contributed by atoms with Crippen LogP contribution in [0.5, 0.6) is 11.5 Å². The Kier molecular flexibility index (Phi) is 5.81. The number of nitrogens with one attached hydrogen (secondary N) is 1. The van der Waals surface area contributed by atoms with Gasteiger partial charge in [-0.05, 0) is 37.1 Å². The van der Waals surface area contributed by atoms with Gasteiger partial charge in [0.1, 0.15) is 0 Å². The van der Waals surface area contributed by atoms with Crippen molar-refractivity contribution in [1.82, 2.24) is 5.43 Å². The summed E-state index contributed by atoms with van der Waals surface area (Å²) in [7, 11) is 1.45. The average Bonchev–Trinajstić information content (AvgIpc) is 2.38. The highest BCUT2D eigenvalue weighted by molar-refractivity contribution is 5.83. The van der Waals surface area contributed by atoms with Gasteiger partial charge in [-0.2, -0.15) is 5.10 Å². The maximum Gasteiger partial charge on any atom is 0.240 e. The summed E-state index contributed by atoms with van der Waals surface area (Å²) in [6.07, 6.45) is 1.56. The van der Waals surface area contributed by atoms with Crippen LogP contribution >= 0.6 is 0 Å². The zero-order valence-electron chi connectivity index (χ0n) is 11.0. The second-order valence-electron chi connectivity index (χ2n) is 4.11. The van der Waals surface area contributed by atoms with Gasteiger partial charge in [0.05, 0.1) is 19.4 Å². The smallest absolute Gasteiger partial charge is 0.240 e. The maximum absolute atomic E-state index is 11.3. The van der Waals surface area contributed by atoms with Gasteiger partial charge in [-0.1, -0.05) is 0 Å². The van der Waals surface area contributed by atoms with Crippen molar-refractivity contribution in [1.29, 1.82) is 0 Å². The minimum Gasteiger partial charge on any atom is -0.504 e. The van der Waals surface area contributed by atoms with Gasteiger partial charge in [0.15, 0.2) is 11.5 Å². The van der Waals surface area contributed by atoms with Crippen LogP contribution in [-0.2, 0) is 4.79 Å². The Bertz CT molecular complexity index is 458. The van der Waals surface area contributed by atoms with Gasteiger partial charge in [0.25, 0.3) is 0 Å². The predicted octanol–water partition coefficient (Wildman–Crippen LogP) is 1.01. The fourth-order valence-electron chi connectivity index (χ4n) is 1.35. The van der Waals surface area contributed by atoms with Gasteiger partial charge in [-0.25, -0.2) is 5.43 Å². The molecule has 1 aromatic carbocycles. The number of phenols is 1. The second-order valence-corrected chi connectivity index (χ2v) is 4.11. The van der Waals surface area contributed by atoms with Crippen molar-refractivity contribution in [3.63, 3.8) is 0 Å². The lowest BCUT2D eigenvalue weighted by Gasteiger charge is -2.04. The van der Waals surface area contributed by atoms with Gasteiger partial charge in [-0.3, -0.25) is 4.79 Å². The van der Waals surface area contributed by atoms with E-state index >= 15 is 0 Å². The number of carbonyl (C=O) groups is 1. The first-order chi connectivity index (χ1) is 9.02. The average molecular weight is 266 g/mol. The van der Waals surface area contributed by atoms with Crippen LogP contribution in [0.15, 0.2) is 23.3 Å². The van der Waals surface area contributed by atoms with Gasteiger partial charge >= 0.3 is 0 Å². The molecule has 0 aliphatic carbocycles. The molecule has 6 heteroatoms. The van der Waals surface area contributed by atoms with Crippen molar-refractivity contribution in [2.75, 3.05) is 7.11 Å². The van der Waals surface area contributed by atoms with Crippen LogP contribution in [0.2, 0.25) is 0 Å². The van der Waals surface area contributed by atoms with Crippen LogP contribution in [0.1, 0.15) is 25.3 Å². The van der Waals surface area contributed by atoms with Crippen LogP contribution in [-0.4, -0.2) is 35.5 Å². The number of nitrogens with zero attached hydrogens (tertiary/aromatic N) is 1. The number of carbonyl (C=O) groups excluding carboxylic acids is 1. The summed E-state index contributed by atoms with van der Waals surface area (Å²) in [6.45, 7) is 1.62. The molecule has 0 bridgehead atoms. The zero-order chi connectivity index (χ0) is 14.3. The summed E-state index contributed by atoms with van der Waals surface area (Å²) in [6, 6.07) is 4.72. The summed E-state index contributed by atoms with van der Waals surface area (Å²) < 4.78 is 4.95. The number of ether oxygens (including phenoxy) is 1. The number of aliphatic hydroxyl groups is 1. The number of hydrazone groups is 1. The van der Waals surface area contributed by atoms with E-state index in [-0.39, 0.29) is 18.1 Å². The third-order valence-electron chi connectivity index (χ3n) is 2.40. The molecule has 19 heavy (non-hydrogen) atoms. The maximum atomic E-state index is 11.3. The predicted molar refractivity (Wildman–Crippen MR) is 71.3 cm³/mol. The number of phenolic OH excluding ortho intramolecular Hbond substituents is 1. The minimum absolute atomic E-state index is 0.0422. The van der Waals surface area contributed by atoms with Crippen LogP contribution in [0.25, 0.3) is 0 Å². The molecule has 1 rings (SSSR count). The second kappa shape index (κ2) is 7.38. The molecule has 1 atom stereocenters. The Hall–Kier alpha value is -2.08. The van der Waals surface area contributed by atoms with Gasteiger partial charge in [0.2, 0.25) is 5.91 Å². The van der Waals surface area contributed by atoms with Crippen molar-refractivity contribution in [2.24, 2.45) is 5.10 Å². The van der Waals surface area contributed by atoms with Crippen molar-refractivity contribution in [3.05, 3.63) is 23.8 Å². The number of aromatic hydroxyl groups is 1. The van der Waals surface area contributed by atoms with E-state index in [0.29, 0.717) is 17.7 Å². The van der Waals surface area contributed by atoms with Crippen molar-refractivity contribution >= 4 is 12.1 Å². The third-order valence-corrected chi connectivity index (χ3v) is 2.40. The van der Waals surface area contributed by atoms with E-state index in [2.05, 4.69) is 10.5 Å². The molecule has 1 aromatic rings. The highest BCUT2D eigenvalue weighted by atomic mass is 16.5. The molecular weight excluding hydrogens is 248 g/mol. The molecule has 3 N–H and O–H groups in total. The molecule has 1 amide bonds. The highest BCUT2D eigenvalue weighted by Gasteiger charge is 2.03. The number of amides is 1. The normalized spacial score (nSPS) is 12.4. The molecule has 0 fully saturated rings. The van der Waals surface area contributed by atoms with Crippen LogP contribution in [0.4, 0.5) is 0 Å². The van der Waals surface area contributed by atoms with E-state index in [4.69, 9.17) is 9.84 Å². The fourth-order valence-corrected chi connectivity index (χ4v) is 1.35. The van der Waals surface area contributed by atoms with Crippen molar-refractivity contribution in [2.45, 2.75) is 25.9 Å². The number of aliphatic hydroxyl groups excluding tert-OH is 1. The lowest BCUT2D eigenvalue weighted by atomic mass is 10.2. The molecule has 0 saturated carbocycles. The molecule has 0 radical (unpaired) electrons. The molecule has 0 saturated heterocycles. The van der Waals surface area contributed by atoms with Crippen molar-refractivity contribution in [3.8, 4) is 11.5 Å². The number of methoxy groups -OCH3 is 1. The minimum atomic E-state index is -0.504. The molecule has 6 nitrogen and oxygen atoms in total. The first-order valence-corrected chi connectivity index (χ1v) is 5.90. The molecule has 0 heterocycles. The SMILES string of the molecule is COc1cc(/C=N\NC(=O)CC[C@H](C)O)ccc1O. The summed E-state index contributed by atoms with van der Waals surface area (Å²) in [5, 5.41) is 22.2. The topological polar surface area (TPSA) is 91.2 Å². The summed E-state index contributed by atoms with van der Waals surface area (Å²) in [4.78, 5) is 11.3. The van der Waals surface area contributed by atoms with Crippen LogP contribution in [0, 0.1) is 0 Å². The zero-order valence-corrected chi connectivity index (χ0v) is 11.0. The lowest BCUT2D eigenvalue weighted by molar-refractivity contribution is -0.121. The lowest BCUT2D eigenvalue weighted by Crippen LogP contribution is -2.18. The molecule has 0 aliphatic heterocycles. The van der Waals surface area contributed by atoms with E-state index in [0.717, 1.165) is 0 Å². The Morgan fingerprint density at radius 1 is 1.58 bits per heavy atom. The largest absolute Gasteiger partial charge is 0.504 e. The number of rotatable bonds is 6. The monoisotopic (exact) mass is 266 g/mol. The third kappa shape index (κ3) is 5.39. The standard InChI is InChI=1S/C13H18N2O4/c1-9(16)3-6-13(18)15-14-8-10-4-5-11(17)12(7-10)19-2/h4-5,7-9,16-17H,3,6H2,1-2H3,(H,15,18)/b14-8-/t9-/m0/s1. The number of hydrogen-bond donors (Lipinski definition) is 3. The van der Waals surface area contributed by atoms with E-state index < -0.39 is 6.10 Å². The molecule has 0 unspecified atom stereocenters. The summed E-state index contributed by atoms with van der Waals surface area (Å²) >= 11 is 0. The summed E-state index contributed by atoms with van der Waals surface area (Å²) in [5.41, 5.74) is 3.04. The first-order valence-electron chi connectivity index (χ1n) is 5.90. The quantitative estimate of drug-likeness (QED) is 0.529. The van der Waals surface area contributed by atoms with E-state index in [1.54, 1.807) is 19.1 Å². The Labute approximate surface area is 111 Å². The van der Waals surface area contributed by atoms with E-state index in [9.17, 15) is 9.90 Å². The first kappa shape index (κ1) is 15.0. The fraction of sp³-hybridized carbons (Fsp3) is 0.385. The molecular formula is C13H18N2O4. The van der Waals surface area contributed by atoms with E-state index in [1.807, 2.05) is 0 Å².